The predicted molar refractivity (Wildman–Crippen MR) is 66.7 cm³/mol. The maximum absolute atomic E-state index is 9.55. The first kappa shape index (κ1) is 12.8. The summed E-state index contributed by atoms with van der Waals surface area (Å²) in [6.07, 6.45) is 1.26. The molecule has 1 atom stereocenters. The monoisotopic (exact) mass is 270 g/mol. The second kappa shape index (κ2) is 4.91. The predicted octanol–water partition coefficient (Wildman–Crippen LogP) is 0.754. The quantitative estimate of drug-likeness (QED) is 0.784. The lowest BCUT2D eigenvalue weighted by Crippen LogP contribution is -2.17. The zero-order valence-electron chi connectivity index (χ0n) is 10.1. The molecule has 0 aromatic carbocycles. The van der Waals surface area contributed by atoms with Gasteiger partial charge in [-0.1, -0.05) is 0 Å². The minimum Gasteiger partial charge on any atom is -0.508 e. The average Bonchev–Trinajstić information content (AvgIpc) is 2.70. The average molecular weight is 270 g/mol. The first-order valence-corrected chi connectivity index (χ1v) is 5.74. The summed E-state index contributed by atoms with van der Waals surface area (Å²) < 4.78 is 7.23. The first-order chi connectivity index (χ1) is 8.52. The third-order valence-electron chi connectivity index (χ3n) is 2.54. The van der Waals surface area contributed by atoms with E-state index in [0.717, 1.165) is 0 Å². The zero-order chi connectivity index (χ0) is 13.3. The Morgan fingerprint density at radius 3 is 2.83 bits per heavy atom. The molecule has 0 unspecified atom stereocenters. The molecule has 2 rings (SSSR count). The first-order valence-electron chi connectivity index (χ1n) is 5.34. The topological polar surface area (TPSA) is 83.6 Å². The van der Waals surface area contributed by atoms with Crippen LogP contribution in [-0.4, -0.2) is 45.5 Å². The third-order valence-corrected chi connectivity index (χ3v) is 2.84. The molecule has 2 heterocycles. The van der Waals surface area contributed by atoms with Crippen molar-refractivity contribution in [3.63, 3.8) is 0 Å². The number of aliphatic hydroxyl groups is 2. The molecule has 18 heavy (non-hydrogen) atoms. The molecule has 0 bridgehead atoms. The Bertz CT molecular complexity index is 540. The van der Waals surface area contributed by atoms with E-state index in [1.165, 1.54) is 6.33 Å². The lowest BCUT2D eigenvalue weighted by Gasteiger charge is -2.16. The Labute approximate surface area is 109 Å². The van der Waals surface area contributed by atoms with Gasteiger partial charge in [0, 0.05) is 14.1 Å². The lowest BCUT2D eigenvalue weighted by atomic mass is 10.3. The number of nitrogens with zero attached hydrogens (tertiary/aromatic N) is 4. The number of anilines is 1. The molecule has 0 fully saturated rings. The largest absolute Gasteiger partial charge is 0.508 e. The van der Waals surface area contributed by atoms with Crippen molar-refractivity contribution in [1.29, 1.82) is 0 Å². The van der Waals surface area contributed by atoms with Gasteiger partial charge in [-0.15, -0.1) is 0 Å². The minimum absolute atomic E-state index is 0.0288. The Balaban J connectivity index is 2.25. The number of aliphatic hydroxyl groups excluding tert-OH is 2. The highest BCUT2D eigenvalue weighted by Gasteiger charge is 2.26. The molecule has 8 heteroatoms. The minimum atomic E-state index is -0.504. The molecule has 0 amide bonds. The van der Waals surface area contributed by atoms with Crippen LogP contribution in [0.2, 0.25) is 0 Å². The molecular weight excluding hydrogens is 256 g/mol. The fraction of sp³-hybridized carbons (Fsp3) is 0.500. The van der Waals surface area contributed by atoms with Crippen molar-refractivity contribution in [2.75, 3.05) is 25.6 Å². The van der Waals surface area contributed by atoms with Crippen LogP contribution in [0.3, 0.4) is 0 Å². The van der Waals surface area contributed by atoms with E-state index in [1.54, 1.807) is 9.47 Å². The lowest BCUT2D eigenvalue weighted by molar-refractivity contribution is 0.0599. The number of hydrogen-bond donors (Lipinski definition) is 2. The van der Waals surface area contributed by atoms with Crippen molar-refractivity contribution in [3.05, 3.63) is 22.6 Å². The van der Waals surface area contributed by atoms with E-state index < -0.39 is 6.23 Å². The molecule has 1 aliphatic heterocycles. The Morgan fingerprint density at radius 1 is 1.61 bits per heavy atom. The van der Waals surface area contributed by atoms with Gasteiger partial charge in [0.25, 0.3) is 0 Å². The summed E-state index contributed by atoms with van der Waals surface area (Å²) >= 11 is 5.15. The Morgan fingerprint density at radius 2 is 2.33 bits per heavy atom. The van der Waals surface area contributed by atoms with Crippen molar-refractivity contribution in [2.24, 2.45) is 0 Å². The van der Waals surface area contributed by atoms with Gasteiger partial charge in [0.2, 0.25) is 10.7 Å². The van der Waals surface area contributed by atoms with Crippen LogP contribution in [0.5, 0.6) is 0 Å². The van der Waals surface area contributed by atoms with Crippen LogP contribution >= 0.6 is 12.2 Å². The number of hydrogen-bond acceptors (Lipinski definition) is 7. The fourth-order valence-electron chi connectivity index (χ4n) is 1.59. The molecule has 0 spiro atoms. The van der Waals surface area contributed by atoms with E-state index in [9.17, 15) is 5.11 Å². The van der Waals surface area contributed by atoms with Gasteiger partial charge >= 0.3 is 0 Å². The van der Waals surface area contributed by atoms with Gasteiger partial charge in [-0.2, -0.15) is 4.98 Å². The van der Waals surface area contributed by atoms with Gasteiger partial charge in [0.1, 0.15) is 18.7 Å². The number of aromatic nitrogens is 3. The summed E-state index contributed by atoms with van der Waals surface area (Å²) in [4.78, 5) is 10.0. The van der Waals surface area contributed by atoms with Gasteiger partial charge in [-0.3, -0.25) is 4.57 Å². The summed E-state index contributed by atoms with van der Waals surface area (Å²) in [6, 6.07) is 0. The number of rotatable bonds is 3. The molecule has 0 saturated carbocycles. The van der Waals surface area contributed by atoms with Crippen LogP contribution in [0.1, 0.15) is 12.6 Å². The molecule has 0 aliphatic carbocycles. The second-order valence-corrected chi connectivity index (χ2v) is 4.41. The van der Waals surface area contributed by atoms with Crippen molar-refractivity contribution in [3.8, 4) is 0 Å². The highest BCUT2D eigenvalue weighted by Crippen LogP contribution is 2.30. The van der Waals surface area contributed by atoms with E-state index in [-0.39, 0.29) is 24.5 Å². The van der Waals surface area contributed by atoms with Gasteiger partial charge in [0.15, 0.2) is 12.0 Å². The second-order valence-electron chi connectivity index (χ2n) is 4.05. The summed E-state index contributed by atoms with van der Waals surface area (Å²) in [7, 11) is 3.63. The summed E-state index contributed by atoms with van der Waals surface area (Å²) in [5.74, 6) is 0.702. The van der Waals surface area contributed by atoms with Crippen molar-refractivity contribution >= 4 is 18.2 Å². The van der Waals surface area contributed by atoms with Crippen LogP contribution in [0.4, 0.5) is 5.95 Å². The molecule has 2 N–H and O–H groups in total. The van der Waals surface area contributed by atoms with E-state index in [1.807, 2.05) is 14.1 Å². The summed E-state index contributed by atoms with van der Waals surface area (Å²) in [5.41, 5.74) is 0. The molecular formula is C10H14N4O3S. The summed E-state index contributed by atoms with van der Waals surface area (Å²) in [6.45, 7) is -0.341. The van der Waals surface area contributed by atoms with Crippen molar-refractivity contribution < 1.29 is 14.9 Å². The van der Waals surface area contributed by atoms with Crippen LogP contribution in [0.25, 0.3) is 0 Å². The summed E-state index contributed by atoms with van der Waals surface area (Å²) in [5, 5.41) is 18.5. The van der Waals surface area contributed by atoms with Gasteiger partial charge in [-0.25, -0.2) is 4.98 Å². The van der Waals surface area contributed by atoms with Crippen molar-refractivity contribution in [1.82, 2.24) is 14.5 Å². The van der Waals surface area contributed by atoms with Crippen molar-refractivity contribution in [2.45, 2.75) is 12.6 Å². The standard InChI is InChI=1S/C10H14N4O3S/c1-13(2)9-11-5-14(10(18)12-9)8-3-6(16)7(4-15)17-8/h5,8,15-16H,3-4H2,1-2H3/t8-/m1/s1. The Hall–Kier alpha value is -1.67. The Kier molecular flexibility index (Phi) is 3.48. The molecule has 1 aromatic rings. The molecule has 1 aliphatic rings. The van der Waals surface area contributed by atoms with E-state index >= 15 is 0 Å². The van der Waals surface area contributed by atoms with Crippen LogP contribution in [0, 0.1) is 4.77 Å². The molecule has 0 saturated heterocycles. The zero-order valence-corrected chi connectivity index (χ0v) is 10.9. The van der Waals surface area contributed by atoms with Gasteiger partial charge < -0.3 is 19.8 Å². The van der Waals surface area contributed by atoms with E-state index in [2.05, 4.69) is 9.97 Å². The van der Waals surface area contributed by atoms with E-state index in [0.29, 0.717) is 10.7 Å². The van der Waals surface area contributed by atoms with Crippen LogP contribution < -0.4 is 4.90 Å². The molecule has 1 aromatic heterocycles. The molecule has 98 valence electrons. The fourth-order valence-corrected chi connectivity index (χ4v) is 1.83. The molecule has 0 radical (unpaired) electrons. The normalized spacial score (nSPS) is 18.9. The molecule has 7 nitrogen and oxygen atoms in total. The van der Waals surface area contributed by atoms with Crippen LogP contribution in [-0.2, 0) is 4.74 Å². The van der Waals surface area contributed by atoms with Crippen LogP contribution in [0.15, 0.2) is 17.8 Å². The highest BCUT2D eigenvalue weighted by atomic mass is 32.1. The number of ether oxygens (including phenoxy) is 1. The van der Waals surface area contributed by atoms with Gasteiger partial charge in [0.05, 0.1) is 6.42 Å². The highest BCUT2D eigenvalue weighted by molar-refractivity contribution is 7.71. The maximum Gasteiger partial charge on any atom is 0.228 e. The smallest absolute Gasteiger partial charge is 0.228 e. The van der Waals surface area contributed by atoms with Gasteiger partial charge in [-0.05, 0) is 12.2 Å². The SMILES string of the molecule is CN(C)c1ncn([C@H]2CC(O)=C(CO)O2)c(=S)n1. The maximum atomic E-state index is 9.55. The van der Waals surface area contributed by atoms with E-state index in [4.69, 9.17) is 22.1 Å². The third kappa shape index (κ3) is 2.29.